The number of carbonyl (C=O) groups excluding carboxylic acids is 1. The molecule has 0 amide bonds. The van der Waals surface area contributed by atoms with Crippen molar-refractivity contribution in [3.05, 3.63) is 41.0 Å². The molecular weight excluding hydrogens is 204 g/mol. The fourth-order valence-corrected chi connectivity index (χ4v) is 1.77. The summed E-state index contributed by atoms with van der Waals surface area (Å²) in [5.74, 6) is 0.873. The fraction of sp³-hybridized carbons (Fsp3) is 0.333. The molecule has 84 valence electrons. The van der Waals surface area contributed by atoms with Crippen LogP contribution in [0.1, 0.15) is 34.4 Å². The van der Waals surface area contributed by atoms with Gasteiger partial charge in [-0.3, -0.25) is 4.79 Å². The van der Waals surface area contributed by atoms with Gasteiger partial charge in [-0.1, -0.05) is 5.16 Å². The fourth-order valence-electron chi connectivity index (χ4n) is 1.77. The lowest BCUT2D eigenvalue weighted by Crippen LogP contribution is -2.07. The van der Waals surface area contributed by atoms with Crippen LogP contribution >= 0.6 is 0 Å². The highest BCUT2D eigenvalue weighted by molar-refractivity contribution is 5.92. The average Bonchev–Trinajstić information content (AvgIpc) is 2.80. The van der Waals surface area contributed by atoms with E-state index in [-0.39, 0.29) is 5.78 Å². The number of Topliss-reactive ketones (excluding diaryl/α,β-unsaturated/α-hetero) is 1. The Morgan fingerprint density at radius 3 is 2.81 bits per heavy atom. The van der Waals surface area contributed by atoms with E-state index in [1.165, 1.54) is 0 Å². The molecule has 0 bridgehead atoms. The Bertz CT molecular complexity index is 503. The van der Waals surface area contributed by atoms with Gasteiger partial charge in [-0.2, -0.15) is 0 Å². The van der Waals surface area contributed by atoms with Gasteiger partial charge >= 0.3 is 0 Å². The Labute approximate surface area is 93.9 Å². The molecule has 2 heterocycles. The highest BCUT2D eigenvalue weighted by Crippen LogP contribution is 2.15. The van der Waals surface area contributed by atoms with E-state index in [2.05, 4.69) is 5.16 Å². The zero-order valence-corrected chi connectivity index (χ0v) is 9.65. The van der Waals surface area contributed by atoms with Gasteiger partial charge in [-0.15, -0.1) is 0 Å². The van der Waals surface area contributed by atoms with Crippen molar-refractivity contribution < 1.29 is 9.32 Å². The lowest BCUT2D eigenvalue weighted by molar-refractivity contribution is 0.100. The van der Waals surface area contributed by atoms with Gasteiger partial charge in [0, 0.05) is 18.7 Å². The summed E-state index contributed by atoms with van der Waals surface area (Å²) in [6, 6.07) is 3.69. The lowest BCUT2D eigenvalue weighted by atomic mass is 10.2. The zero-order chi connectivity index (χ0) is 11.7. The molecule has 4 nitrogen and oxygen atoms in total. The highest BCUT2D eigenvalue weighted by Gasteiger charge is 2.12. The Hall–Kier alpha value is -1.84. The zero-order valence-electron chi connectivity index (χ0n) is 9.65. The number of ketones is 1. The predicted molar refractivity (Wildman–Crippen MR) is 59.5 cm³/mol. The smallest absolute Gasteiger partial charge is 0.176 e. The lowest BCUT2D eigenvalue weighted by Gasteiger charge is -2.06. The van der Waals surface area contributed by atoms with Gasteiger partial charge in [0.25, 0.3) is 0 Å². The first-order valence-electron chi connectivity index (χ1n) is 5.17. The van der Waals surface area contributed by atoms with Gasteiger partial charge in [0.1, 0.15) is 5.76 Å². The summed E-state index contributed by atoms with van der Waals surface area (Å²) in [4.78, 5) is 11.4. The Kier molecular flexibility index (Phi) is 2.64. The summed E-state index contributed by atoms with van der Waals surface area (Å²) >= 11 is 0. The SMILES string of the molecule is CC(=O)c1cccn1Cc1c(C)noc1C. The third-order valence-electron chi connectivity index (χ3n) is 2.70. The molecule has 0 aliphatic carbocycles. The Morgan fingerprint density at radius 2 is 2.25 bits per heavy atom. The van der Waals surface area contributed by atoms with Crippen LogP contribution in [0.4, 0.5) is 0 Å². The van der Waals surface area contributed by atoms with Crippen LogP contribution in [0, 0.1) is 13.8 Å². The maximum Gasteiger partial charge on any atom is 0.176 e. The molecule has 16 heavy (non-hydrogen) atoms. The van der Waals surface area contributed by atoms with Gasteiger partial charge in [0.05, 0.1) is 17.9 Å². The monoisotopic (exact) mass is 218 g/mol. The van der Waals surface area contributed by atoms with Crippen LogP contribution in [-0.4, -0.2) is 15.5 Å². The largest absolute Gasteiger partial charge is 0.361 e. The third kappa shape index (κ3) is 1.78. The molecule has 0 spiro atoms. The topological polar surface area (TPSA) is 48.0 Å². The van der Waals surface area contributed by atoms with Crippen molar-refractivity contribution in [3.8, 4) is 0 Å². The standard InChI is InChI=1S/C12H14N2O2/c1-8-11(10(3)16-13-8)7-14-6-4-5-12(14)9(2)15/h4-6H,7H2,1-3H3. The van der Waals surface area contributed by atoms with Crippen molar-refractivity contribution in [1.29, 1.82) is 0 Å². The number of rotatable bonds is 3. The van der Waals surface area contributed by atoms with Crippen LogP contribution < -0.4 is 0 Å². The first kappa shape index (κ1) is 10.7. The average molecular weight is 218 g/mol. The molecule has 0 fully saturated rings. The van der Waals surface area contributed by atoms with E-state index < -0.39 is 0 Å². The first-order chi connectivity index (χ1) is 7.59. The van der Waals surface area contributed by atoms with Crippen molar-refractivity contribution in [3.63, 3.8) is 0 Å². The molecule has 0 aliphatic heterocycles. The van der Waals surface area contributed by atoms with Gasteiger partial charge in [-0.05, 0) is 26.0 Å². The van der Waals surface area contributed by atoms with E-state index in [1.54, 1.807) is 6.92 Å². The van der Waals surface area contributed by atoms with Gasteiger partial charge in [0.2, 0.25) is 0 Å². The van der Waals surface area contributed by atoms with E-state index >= 15 is 0 Å². The quantitative estimate of drug-likeness (QED) is 0.743. The molecule has 2 aromatic rings. The van der Waals surface area contributed by atoms with E-state index in [1.807, 2.05) is 36.7 Å². The molecule has 0 atom stereocenters. The van der Waals surface area contributed by atoms with Crippen LogP contribution in [0.25, 0.3) is 0 Å². The molecule has 0 saturated carbocycles. The molecule has 0 radical (unpaired) electrons. The van der Waals surface area contributed by atoms with Crippen LogP contribution in [0.2, 0.25) is 0 Å². The number of hydrogen-bond donors (Lipinski definition) is 0. The molecular formula is C12H14N2O2. The summed E-state index contributed by atoms with van der Waals surface area (Å²) in [7, 11) is 0. The summed E-state index contributed by atoms with van der Waals surface area (Å²) < 4.78 is 7.01. The van der Waals surface area contributed by atoms with Gasteiger partial charge < -0.3 is 9.09 Å². The second-order valence-electron chi connectivity index (χ2n) is 3.88. The Morgan fingerprint density at radius 1 is 1.50 bits per heavy atom. The summed E-state index contributed by atoms with van der Waals surface area (Å²) in [6.45, 7) is 5.98. The Balaban J connectivity index is 2.34. The van der Waals surface area contributed by atoms with E-state index in [0.717, 1.165) is 17.0 Å². The number of aromatic nitrogens is 2. The van der Waals surface area contributed by atoms with Crippen molar-refractivity contribution >= 4 is 5.78 Å². The van der Waals surface area contributed by atoms with Crippen molar-refractivity contribution in [2.45, 2.75) is 27.3 Å². The second kappa shape index (κ2) is 3.96. The minimum atomic E-state index is 0.0664. The molecule has 0 unspecified atom stereocenters. The summed E-state index contributed by atoms with van der Waals surface area (Å²) in [6.07, 6.45) is 1.89. The van der Waals surface area contributed by atoms with Gasteiger partial charge in [-0.25, -0.2) is 0 Å². The van der Waals surface area contributed by atoms with Crippen LogP contribution in [-0.2, 0) is 6.54 Å². The maximum atomic E-state index is 11.4. The van der Waals surface area contributed by atoms with Crippen molar-refractivity contribution in [2.24, 2.45) is 0 Å². The van der Waals surface area contributed by atoms with Crippen molar-refractivity contribution in [2.75, 3.05) is 0 Å². The number of aryl methyl sites for hydroxylation is 2. The summed E-state index contributed by atoms with van der Waals surface area (Å²) in [5, 5.41) is 3.90. The highest BCUT2D eigenvalue weighted by atomic mass is 16.5. The van der Waals surface area contributed by atoms with E-state index in [9.17, 15) is 4.79 Å². The number of hydrogen-bond acceptors (Lipinski definition) is 3. The minimum absolute atomic E-state index is 0.0664. The molecule has 0 saturated heterocycles. The summed E-state index contributed by atoms with van der Waals surface area (Å²) in [5.41, 5.74) is 2.62. The molecule has 2 rings (SSSR count). The van der Waals surface area contributed by atoms with Crippen LogP contribution in [0.5, 0.6) is 0 Å². The molecule has 0 N–H and O–H groups in total. The number of carbonyl (C=O) groups is 1. The molecule has 2 aromatic heterocycles. The predicted octanol–water partition coefficient (Wildman–Crippen LogP) is 2.34. The second-order valence-corrected chi connectivity index (χ2v) is 3.88. The number of nitrogens with zero attached hydrogens (tertiary/aromatic N) is 2. The van der Waals surface area contributed by atoms with Crippen LogP contribution in [0.15, 0.2) is 22.9 Å². The molecule has 4 heteroatoms. The maximum absolute atomic E-state index is 11.4. The van der Waals surface area contributed by atoms with E-state index in [0.29, 0.717) is 12.2 Å². The van der Waals surface area contributed by atoms with Crippen molar-refractivity contribution in [1.82, 2.24) is 9.72 Å². The van der Waals surface area contributed by atoms with Crippen LogP contribution in [0.3, 0.4) is 0 Å². The van der Waals surface area contributed by atoms with E-state index in [4.69, 9.17) is 4.52 Å². The minimum Gasteiger partial charge on any atom is -0.361 e. The molecule has 0 aliphatic rings. The first-order valence-corrected chi connectivity index (χ1v) is 5.17. The molecule has 0 aromatic carbocycles. The van der Waals surface area contributed by atoms with Gasteiger partial charge in [0.15, 0.2) is 5.78 Å². The third-order valence-corrected chi connectivity index (χ3v) is 2.70. The normalized spacial score (nSPS) is 10.7.